The summed E-state index contributed by atoms with van der Waals surface area (Å²) in [5.41, 5.74) is 6.00. The van der Waals surface area contributed by atoms with Crippen LogP contribution in [-0.2, 0) is 4.79 Å². The van der Waals surface area contributed by atoms with Crippen LogP contribution in [0.4, 0.5) is 15.8 Å². The summed E-state index contributed by atoms with van der Waals surface area (Å²) in [4.78, 5) is 11.8. The van der Waals surface area contributed by atoms with Crippen molar-refractivity contribution in [1.82, 2.24) is 0 Å². The summed E-state index contributed by atoms with van der Waals surface area (Å²) in [6.07, 6.45) is 0. The van der Waals surface area contributed by atoms with Crippen molar-refractivity contribution in [3.8, 4) is 11.8 Å². The van der Waals surface area contributed by atoms with Crippen LogP contribution in [0.25, 0.3) is 0 Å². The van der Waals surface area contributed by atoms with Crippen LogP contribution in [0.15, 0.2) is 42.5 Å². The van der Waals surface area contributed by atoms with Gasteiger partial charge in [0.1, 0.15) is 23.2 Å². The van der Waals surface area contributed by atoms with Gasteiger partial charge in [-0.2, -0.15) is 5.26 Å². The van der Waals surface area contributed by atoms with Gasteiger partial charge in [0, 0.05) is 11.8 Å². The SMILES string of the molecule is N#Cc1c(F)cccc1NC(=O)COc1cccc(N)c1. The summed E-state index contributed by atoms with van der Waals surface area (Å²) >= 11 is 0. The zero-order chi connectivity index (χ0) is 15.2. The third kappa shape index (κ3) is 3.70. The molecule has 2 aromatic carbocycles. The summed E-state index contributed by atoms with van der Waals surface area (Å²) in [6.45, 7) is -0.273. The molecule has 0 bridgehead atoms. The number of nitriles is 1. The zero-order valence-electron chi connectivity index (χ0n) is 11.0. The molecule has 0 saturated carbocycles. The molecule has 6 heteroatoms. The topological polar surface area (TPSA) is 88.1 Å². The molecule has 1 amide bonds. The number of amides is 1. The Kier molecular flexibility index (Phi) is 4.36. The first-order valence-electron chi connectivity index (χ1n) is 6.07. The molecule has 0 unspecified atom stereocenters. The van der Waals surface area contributed by atoms with E-state index in [0.29, 0.717) is 11.4 Å². The lowest BCUT2D eigenvalue weighted by Crippen LogP contribution is -2.21. The first-order chi connectivity index (χ1) is 10.1. The fraction of sp³-hybridized carbons (Fsp3) is 0.0667. The van der Waals surface area contributed by atoms with Gasteiger partial charge in [0.15, 0.2) is 6.61 Å². The van der Waals surface area contributed by atoms with Crippen molar-refractivity contribution in [2.45, 2.75) is 0 Å². The minimum atomic E-state index is -0.688. The maximum absolute atomic E-state index is 13.4. The van der Waals surface area contributed by atoms with Gasteiger partial charge in [-0.25, -0.2) is 4.39 Å². The predicted octanol–water partition coefficient (Wildman–Crippen LogP) is 2.30. The number of hydrogen-bond donors (Lipinski definition) is 2. The van der Waals surface area contributed by atoms with Gasteiger partial charge in [-0.05, 0) is 24.3 Å². The van der Waals surface area contributed by atoms with Gasteiger partial charge in [-0.1, -0.05) is 12.1 Å². The first kappa shape index (κ1) is 14.3. The maximum atomic E-state index is 13.4. The molecule has 3 N–H and O–H groups in total. The monoisotopic (exact) mass is 285 g/mol. The fourth-order valence-electron chi connectivity index (χ4n) is 1.68. The molecule has 0 saturated heterocycles. The lowest BCUT2D eigenvalue weighted by atomic mass is 10.2. The van der Waals surface area contributed by atoms with Crippen molar-refractivity contribution in [2.75, 3.05) is 17.7 Å². The molecule has 0 aliphatic carbocycles. The highest BCUT2D eigenvalue weighted by Gasteiger charge is 2.11. The van der Waals surface area contributed by atoms with Crippen LogP contribution in [0.2, 0.25) is 0 Å². The van der Waals surface area contributed by atoms with E-state index in [1.165, 1.54) is 12.1 Å². The fourth-order valence-corrected chi connectivity index (χ4v) is 1.68. The van der Waals surface area contributed by atoms with Crippen molar-refractivity contribution >= 4 is 17.3 Å². The van der Waals surface area contributed by atoms with Gasteiger partial charge in [-0.3, -0.25) is 4.79 Å². The molecular weight excluding hydrogens is 273 g/mol. The van der Waals surface area contributed by atoms with Crippen LogP contribution in [0.5, 0.6) is 5.75 Å². The van der Waals surface area contributed by atoms with Gasteiger partial charge in [-0.15, -0.1) is 0 Å². The Hall–Kier alpha value is -3.07. The number of hydrogen-bond acceptors (Lipinski definition) is 4. The molecule has 0 spiro atoms. The van der Waals surface area contributed by atoms with Crippen LogP contribution >= 0.6 is 0 Å². The second-order valence-electron chi connectivity index (χ2n) is 4.18. The van der Waals surface area contributed by atoms with Crippen LogP contribution in [-0.4, -0.2) is 12.5 Å². The Bertz CT molecular complexity index is 710. The Morgan fingerprint density at radius 3 is 2.81 bits per heavy atom. The van der Waals surface area contributed by atoms with E-state index < -0.39 is 11.7 Å². The molecule has 0 radical (unpaired) electrons. The van der Waals surface area contributed by atoms with Crippen molar-refractivity contribution < 1.29 is 13.9 Å². The number of ether oxygens (including phenoxy) is 1. The van der Waals surface area contributed by atoms with E-state index in [1.54, 1.807) is 30.3 Å². The minimum absolute atomic E-state index is 0.110. The van der Waals surface area contributed by atoms with Gasteiger partial charge < -0.3 is 15.8 Å². The Balaban J connectivity index is 2.00. The number of anilines is 2. The molecule has 0 atom stereocenters. The number of halogens is 1. The van der Waals surface area contributed by atoms with E-state index in [-0.39, 0.29) is 17.9 Å². The highest BCUT2D eigenvalue weighted by atomic mass is 19.1. The van der Waals surface area contributed by atoms with E-state index >= 15 is 0 Å². The summed E-state index contributed by atoms with van der Waals surface area (Å²) in [5, 5.41) is 11.3. The number of nitrogen functional groups attached to an aromatic ring is 1. The van der Waals surface area contributed by atoms with Crippen LogP contribution in [0, 0.1) is 17.1 Å². The van der Waals surface area contributed by atoms with Crippen LogP contribution in [0.3, 0.4) is 0 Å². The van der Waals surface area contributed by atoms with E-state index in [4.69, 9.17) is 15.7 Å². The van der Waals surface area contributed by atoms with Gasteiger partial charge in [0.2, 0.25) is 0 Å². The van der Waals surface area contributed by atoms with Crippen molar-refractivity contribution in [3.63, 3.8) is 0 Å². The van der Waals surface area contributed by atoms with Crippen LogP contribution in [0.1, 0.15) is 5.56 Å². The van der Waals surface area contributed by atoms with Crippen molar-refractivity contribution in [3.05, 3.63) is 53.8 Å². The normalized spacial score (nSPS) is 9.71. The highest BCUT2D eigenvalue weighted by Crippen LogP contribution is 2.18. The van der Waals surface area contributed by atoms with Gasteiger partial charge in [0.05, 0.1) is 5.69 Å². The molecule has 0 heterocycles. The Morgan fingerprint density at radius 2 is 2.10 bits per heavy atom. The molecule has 0 fully saturated rings. The number of rotatable bonds is 4. The molecule has 21 heavy (non-hydrogen) atoms. The molecule has 5 nitrogen and oxygen atoms in total. The molecule has 2 rings (SSSR count). The standard InChI is InChI=1S/C15H12FN3O2/c16-13-5-2-6-14(12(13)8-17)19-15(20)9-21-11-4-1-3-10(18)7-11/h1-7H,9,18H2,(H,19,20). The lowest BCUT2D eigenvalue weighted by molar-refractivity contribution is -0.118. The number of nitrogens with zero attached hydrogens (tertiary/aromatic N) is 1. The second-order valence-corrected chi connectivity index (χ2v) is 4.18. The largest absolute Gasteiger partial charge is 0.484 e. The van der Waals surface area contributed by atoms with Crippen molar-refractivity contribution in [2.24, 2.45) is 0 Å². The number of nitrogens with two attached hydrogens (primary N) is 1. The third-order valence-corrected chi connectivity index (χ3v) is 2.63. The summed E-state index contributed by atoms with van der Waals surface area (Å²) in [6, 6.07) is 12.3. The average molecular weight is 285 g/mol. The predicted molar refractivity (Wildman–Crippen MR) is 76.1 cm³/mol. The smallest absolute Gasteiger partial charge is 0.262 e. The van der Waals surface area contributed by atoms with Crippen molar-refractivity contribution in [1.29, 1.82) is 5.26 Å². The first-order valence-corrected chi connectivity index (χ1v) is 6.07. The Labute approximate surface area is 120 Å². The minimum Gasteiger partial charge on any atom is -0.484 e. The van der Waals surface area contributed by atoms with E-state index in [0.717, 1.165) is 6.07 Å². The molecule has 0 aromatic heterocycles. The molecule has 2 aromatic rings. The highest BCUT2D eigenvalue weighted by molar-refractivity contribution is 5.93. The third-order valence-electron chi connectivity index (χ3n) is 2.63. The summed E-state index contributed by atoms with van der Waals surface area (Å²) < 4.78 is 18.6. The average Bonchev–Trinajstić information content (AvgIpc) is 2.45. The number of carbonyl (C=O) groups excluding carboxylic acids is 1. The van der Waals surface area contributed by atoms with E-state index in [9.17, 15) is 9.18 Å². The Morgan fingerprint density at radius 1 is 1.33 bits per heavy atom. The van der Waals surface area contributed by atoms with E-state index in [1.807, 2.05) is 0 Å². The molecule has 0 aliphatic rings. The van der Waals surface area contributed by atoms with Crippen LogP contribution < -0.4 is 15.8 Å². The molecular formula is C15H12FN3O2. The van der Waals surface area contributed by atoms with Gasteiger partial charge in [0.25, 0.3) is 5.91 Å². The number of nitrogens with one attached hydrogen (secondary N) is 1. The van der Waals surface area contributed by atoms with E-state index in [2.05, 4.69) is 5.32 Å². The number of benzene rings is 2. The van der Waals surface area contributed by atoms with Gasteiger partial charge >= 0.3 is 0 Å². The lowest BCUT2D eigenvalue weighted by Gasteiger charge is -2.09. The summed E-state index contributed by atoms with van der Waals surface area (Å²) in [5.74, 6) is -0.739. The summed E-state index contributed by atoms with van der Waals surface area (Å²) in [7, 11) is 0. The maximum Gasteiger partial charge on any atom is 0.262 e. The number of carbonyl (C=O) groups is 1. The molecule has 106 valence electrons. The second kappa shape index (κ2) is 6.39. The zero-order valence-corrected chi connectivity index (χ0v) is 11.0. The molecule has 0 aliphatic heterocycles. The quantitative estimate of drug-likeness (QED) is 0.844.